The monoisotopic (exact) mass is 391 g/mol. The Labute approximate surface area is 169 Å². The maximum Gasteiger partial charge on any atom is 0.243 e. The summed E-state index contributed by atoms with van der Waals surface area (Å²) in [4.78, 5) is 32.3. The van der Waals surface area contributed by atoms with Gasteiger partial charge in [0.25, 0.3) is 0 Å². The lowest BCUT2D eigenvalue weighted by Crippen LogP contribution is -2.51. The van der Waals surface area contributed by atoms with Gasteiger partial charge in [0.05, 0.1) is 0 Å². The molecule has 3 aliphatic rings. The third-order valence-electron chi connectivity index (χ3n) is 6.74. The molecule has 5 atom stereocenters. The highest BCUT2D eigenvalue weighted by Crippen LogP contribution is 2.44. The minimum atomic E-state index is -0.00153. The van der Waals surface area contributed by atoms with Crippen molar-refractivity contribution in [2.45, 2.75) is 63.5 Å². The van der Waals surface area contributed by atoms with Gasteiger partial charge < -0.3 is 20.4 Å². The molecular weight excluding hydrogens is 354 g/mol. The molecule has 0 saturated heterocycles. The summed E-state index contributed by atoms with van der Waals surface area (Å²) in [6.45, 7) is 0.149. The molecular formula is C21H37N5O2. The number of guanidine groups is 1. The number of hydrogen-bond acceptors (Lipinski definition) is 3. The largest absolute Gasteiger partial charge is 0.354 e. The van der Waals surface area contributed by atoms with Crippen molar-refractivity contribution in [1.82, 2.24) is 20.4 Å². The van der Waals surface area contributed by atoms with Crippen molar-refractivity contribution in [1.29, 1.82) is 0 Å². The van der Waals surface area contributed by atoms with Gasteiger partial charge in [-0.2, -0.15) is 0 Å². The zero-order valence-electron chi connectivity index (χ0n) is 17.9. The molecule has 2 amide bonds. The molecule has 3 saturated carbocycles. The van der Waals surface area contributed by atoms with Crippen LogP contribution in [0, 0.1) is 17.8 Å². The first kappa shape index (κ1) is 20.9. The minimum Gasteiger partial charge on any atom is -0.354 e. The molecule has 5 unspecified atom stereocenters. The van der Waals surface area contributed by atoms with E-state index in [1.807, 2.05) is 14.1 Å². The van der Waals surface area contributed by atoms with Crippen LogP contribution in [-0.4, -0.2) is 74.4 Å². The summed E-state index contributed by atoms with van der Waals surface area (Å²) >= 11 is 0. The van der Waals surface area contributed by atoms with Gasteiger partial charge in [0.2, 0.25) is 11.8 Å². The number of fused-ring (bicyclic) bond motifs is 2. The second kappa shape index (κ2) is 9.14. The summed E-state index contributed by atoms with van der Waals surface area (Å²) in [6.07, 6.45) is 9.06. The molecule has 7 heteroatoms. The van der Waals surface area contributed by atoms with Gasteiger partial charge in [-0.15, -0.1) is 0 Å². The molecule has 0 aliphatic heterocycles. The highest BCUT2D eigenvalue weighted by Gasteiger charge is 2.40. The van der Waals surface area contributed by atoms with Gasteiger partial charge >= 0.3 is 0 Å². The first-order valence-electron chi connectivity index (χ1n) is 10.8. The lowest BCUT2D eigenvalue weighted by atomic mass is 9.85. The van der Waals surface area contributed by atoms with Crippen LogP contribution in [-0.2, 0) is 9.59 Å². The van der Waals surface area contributed by atoms with E-state index in [9.17, 15) is 9.59 Å². The van der Waals surface area contributed by atoms with Crippen molar-refractivity contribution in [3.05, 3.63) is 0 Å². The number of amides is 2. The fraction of sp³-hybridized carbons (Fsp3) is 0.857. The number of nitrogens with zero attached hydrogens (tertiary/aromatic N) is 3. The van der Waals surface area contributed by atoms with Crippen molar-refractivity contribution in [3.8, 4) is 0 Å². The number of likely N-dealkylation sites (N-methyl/N-ethyl adjacent to an activating group) is 1. The van der Waals surface area contributed by atoms with Gasteiger partial charge in [-0.1, -0.05) is 12.8 Å². The van der Waals surface area contributed by atoms with Crippen molar-refractivity contribution < 1.29 is 9.59 Å². The van der Waals surface area contributed by atoms with Gasteiger partial charge in [0.15, 0.2) is 5.96 Å². The Kier molecular flexibility index (Phi) is 6.83. The van der Waals surface area contributed by atoms with E-state index >= 15 is 0 Å². The number of aliphatic imine (C=N–C) groups is 1. The molecule has 0 heterocycles. The molecule has 3 fully saturated rings. The molecule has 0 spiro atoms. The maximum atomic E-state index is 12.4. The van der Waals surface area contributed by atoms with Crippen LogP contribution in [0.5, 0.6) is 0 Å². The lowest BCUT2D eigenvalue weighted by Gasteiger charge is -2.33. The first-order chi connectivity index (χ1) is 13.3. The highest BCUT2D eigenvalue weighted by atomic mass is 16.2. The summed E-state index contributed by atoms with van der Waals surface area (Å²) in [7, 11) is 7.17. The van der Waals surface area contributed by atoms with Crippen LogP contribution in [0.25, 0.3) is 0 Å². The van der Waals surface area contributed by atoms with Crippen molar-refractivity contribution >= 4 is 17.8 Å². The summed E-state index contributed by atoms with van der Waals surface area (Å²) in [5.74, 6) is 2.62. The Hall–Kier alpha value is -1.79. The predicted octanol–water partition coefficient (Wildman–Crippen LogP) is 1.45. The van der Waals surface area contributed by atoms with E-state index in [1.165, 1.54) is 25.7 Å². The molecule has 3 rings (SSSR count). The molecule has 7 nitrogen and oxygen atoms in total. The van der Waals surface area contributed by atoms with Crippen LogP contribution in [0.3, 0.4) is 0 Å². The number of rotatable bonds is 5. The Morgan fingerprint density at radius 2 is 1.71 bits per heavy atom. The van der Waals surface area contributed by atoms with Crippen LogP contribution in [0.1, 0.15) is 51.4 Å². The molecule has 158 valence electrons. The Bertz CT molecular complexity index is 604. The standard InChI is InChI=1S/C21H37N5O2/c1-25(2)19(27)13-22-21(24-18-11-14-8-9-15(18)10-14)23-17-7-5-6-16(12-17)20(28)26(3)4/h14-18H,5-13H2,1-4H3,(H2,22,23,24). The fourth-order valence-electron chi connectivity index (χ4n) is 5.12. The Morgan fingerprint density at radius 3 is 2.32 bits per heavy atom. The van der Waals surface area contributed by atoms with E-state index < -0.39 is 0 Å². The zero-order chi connectivity index (χ0) is 20.3. The molecule has 2 N–H and O–H groups in total. The van der Waals surface area contributed by atoms with E-state index in [0.717, 1.165) is 43.5 Å². The summed E-state index contributed by atoms with van der Waals surface area (Å²) in [5, 5.41) is 7.19. The topological polar surface area (TPSA) is 77.0 Å². The van der Waals surface area contributed by atoms with Crippen LogP contribution in [0.2, 0.25) is 0 Å². The number of nitrogens with one attached hydrogen (secondary N) is 2. The quantitative estimate of drug-likeness (QED) is 0.549. The van der Waals surface area contributed by atoms with Crippen molar-refractivity contribution in [2.24, 2.45) is 22.7 Å². The van der Waals surface area contributed by atoms with Crippen molar-refractivity contribution in [2.75, 3.05) is 34.7 Å². The van der Waals surface area contributed by atoms with Gasteiger partial charge in [0.1, 0.15) is 6.54 Å². The zero-order valence-corrected chi connectivity index (χ0v) is 17.9. The van der Waals surface area contributed by atoms with Gasteiger partial charge in [0, 0.05) is 46.2 Å². The third-order valence-corrected chi connectivity index (χ3v) is 6.74. The van der Waals surface area contributed by atoms with Crippen LogP contribution < -0.4 is 10.6 Å². The maximum absolute atomic E-state index is 12.4. The average Bonchev–Trinajstić information content (AvgIpc) is 3.28. The highest BCUT2D eigenvalue weighted by molar-refractivity contribution is 5.85. The third kappa shape index (κ3) is 5.17. The van der Waals surface area contributed by atoms with Gasteiger partial charge in [-0.05, 0) is 50.4 Å². The number of carbonyl (C=O) groups is 2. The average molecular weight is 392 g/mol. The summed E-state index contributed by atoms with van der Waals surface area (Å²) < 4.78 is 0. The summed E-state index contributed by atoms with van der Waals surface area (Å²) in [6, 6.07) is 0.684. The van der Waals surface area contributed by atoms with Gasteiger partial charge in [-0.25, -0.2) is 4.99 Å². The molecule has 0 aromatic carbocycles. The van der Waals surface area contributed by atoms with E-state index in [-0.39, 0.29) is 30.3 Å². The second-order valence-corrected chi connectivity index (χ2v) is 9.32. The molecule has 2 bridgehead atoms. The second-order valence-electron chi connectivity index (χ2n) is 9.32. The fourth-order valence-corrected chi connectivity index (χ4v) is 5.12. The SMILES string of the molecule is CN(C)C(=O)CN=C(NC1CCCC(C(=O)N(C)C)C1)NC1CC2CCC1C2. The van der Waals surface area contributed by atoms with E-state index in [1.54, 1.807) is 23.9 Å². The first-order valence-corrected chi connectivity index (χ1v) is 10.8. The lowest BCUT2D eigenvalue weighted by molar-refractivity contribution is -0.134. The number of hydrogen-bond donors (Lipinski definition) is 2. The normalized spacial score (nSPS) is 32.1. The molecule has 3 aliphatic carbocycles. The molecule has 28 heavy (non-hydrogen) atoms. The Balaban J connectivity index is 1.63. The minimum absolute atomic E-state index is 0.00153. The molecule has 0 radical (unpaired) electrons. The Morgan fingerprint density at radius 1 is 0.929 bits per heavy atom. The van der Waals surface area contributed by atoms with Crippen LogP contribution >= 0.6 is 0 Å². The van der Waals surface area contributed by atoms with Crippen LogP contribution in [0.4, 0.5) is 0 Å². The van der Waals surface area contributed by atoms with Crippen molar-refractivity contribution in [3.63, 3.8) is 0 Å². The van der Waals surface area contributed by atoms with Gasteiger partial charge in [-0.3, -0.25) is 9.59 Å². The van der Waals surface area contributed by atoms with E-state index in [0.29, 0.717) is 6.04 Å². The van der Waals surface area contributed by atoms with Crippen LogP contribution in [0.15, 0.2) is 4.99 Å². The van der Waals surface area contributed by atoms with E-state index in [4.69, 9.17) is 0 Å². The predicted molar refractivity (Wildman–Crippen MR) is 111 cm³/mol. The molecule has 0 aromatic heterocycles. The van der Waals surface area contributed by atoms with E-state index in [2.05, 4.69) is 15.6 Å². The summed E-state index contributed by atoms with van der Waals surface area (Å²) in [5.41, 5.74) is 0. The smallest absolute Gasteiger partial charge is 0.243 e. The number of carbonyl (C=O) groups excluding carboxylic acids is 2. The molecule has 0 aromatic rings.